The number of phenols is 1. The Morgan fingerprint density at radius 3 is 2.33 bits per heavy atom. The molecule has 0 heterocycles. The predicted octanol–water partition coefficient (Wildman–Crippen LogP) is 2.50. The van der Waals surface area contributed by atoms with Crippen LogP contribution in [0.15, 0.2) is 53.4 Å². The first-order chi connectivity index (χ1) is 8.49. The van der Waals surface area contributed by atoms with Crippen molar-refractivity contribution in [1.82, 2.24) is 0 Å². The van der Waals surface area contributed by atoms with Crippen LogP contribution in [0.3, 0.4) is 0 Å². The normalized spacial score (nSPS) is 11.2. The minimum atomic E-state index is -3.76. The first kappa shape index (κ1) is 12.4. The van der Waals surface area contributed by atoms with E-state index >= 15 is 0 Å². The summed E-state index contributed by atoms with van der Waals surface area (Å²) in [5.41, 5.74) is 1.25. The molecule has 2 aromatic rings. The van der Waals surface area contributed by atoms with E-state index in [4.69, 9.17) is 0 Å². The van der Waals surface area contributed by atoms with Crippen molar-refractivity contribution in [2.45, 2.75) is 11.8 Å². The highest BCUT2D eigenvalue weighted by atomic mass is 32.2. The molecule has 0 aliphatic heterocycles. The van der Waals surface area contributed by atoms with Crippen LogP contribution in [0.2, 0.25) is 0 Å². The number of para-hydroxylation sites is 1. The summed E-state index contributed by atoms with van der Waals surface area (Å²) in [5, 5.41) is 9.69. The van der Waals surface area contributed by atoms with Crippen molar-refractivity contribution < 1.29 is 13.5 Å². The molecule has 0 saturated carbocycles. The molecule has 5 heteroatoms. The zero-order valence-electron chi connectivity index (χ0n) is 9.79. The van der Waals surface area contributed by atoms with Gasteiger partial charge in [0, 0.05) is 5.69 Å². The molecule has 0 fully saturated rings. The molecule has 0 atom stereocenters. The lowest BCUT2D eigenvalue weighted by molar-refractivity contribution is 0.458. The van der Waals surface area contributed by atoms with E-state index in [0.717, 1.165) is 5.56 Å². The minimum absolute atomic E-state index is 0.128. The maximum Gasteiger partial charge on any atom is 0.265 e. The van der Waals surface area contributed by atoms with Crippen LogP contribution in [0.5, 0.6) is 5.75 Å². The molecule has 94 valence electrons. The third kappa shape index (κ3) is 2.62. The Bertz CT molecular complexity index is 651. The van der Waals surface area contributed by atoms with Crippen molar-refractivity contribution in [3.63, 3.8) is 0 Å². The van der Waals surface area contributed by atoms with Gasteiger partial charge in [-0.15, -0.1) is 0 Å². The van der Waals surface area contributed by atoms with E-state index in [1.54, 1.807) is 43.3 Å². The van der Waals surface area contributed by atoms with Crippen LogP contribution in [0.25, 0.3) is 0 Å². The van der Waals surface area contributed by atoms with E-state index in [-0.39, 0.29) is 10.6 Å². The lowest BCUT2D eigenvalue weighted by Crippen LogP contribution is -2.13. The Morgan fingerprint density at radius 2 is 1.72 bits per heavy atom. The van der Waals surface area contributed by atoms with Crippen molar-refractivity contribution >= 4 is 15.7 Å². The summed E-state index contributed by atoms with van der Waals surface area (Å²) in [6.45, 7) is 1.78. The predicted molar refractivity (Wildman–Crippen MR) is 70.1 cm³/mol. The van der Waals surface area contributed by atoms with Crippen molar-refractivity contribution in [2.24, 2.45) is 0 Å². The van der Waals surface area contributed by atoms with Crippen molar-refractivity contribution in [3.05, 3.63) is 54.1 Å². The summed E-state index contributed by atoms with van der Waals surface area (Å²) >= 11 is 0. The molecule has 0 unspecified atom stereocenters. The standard InChI is InChI=1S/C13H13NO3S/c1-10-7-8-13(12(15)9-10)18(16,17)14-11-5-3-2-4-6-11/h2-9,14-15H,1H3. The summed E-state index contributed by atoms with van der Waals surface area (Å²) in [7, 11) is -3.76. The highest BCUT2D eigenvalue weighted by molar-refractivity contribution is 7.92. The molecule has 4 nitrogen and oxygen atoms in total. The minimum Gasteiger partial charge on any atom is -0.507 e. The van der Waals surface area contributed by atoms with Gasteiger partial charge in [0.05, 0.1) is 0 Å². The second-order valence-electron chi connectivity index (χ2n) is 3.94. The van der Waals surface area contributed by atoms with Crippen LogP contribution in [0.1, 0.15) is 5.56 Å². The average Bonchev–Trinajstić information content (AvgIpc) is 2.29. The molecule has 0 aromatic heterocycles. The Balaban J connectivity index is 2.37. The third-order valence-corrected chi connectivity index (χ3v) is 3.86. The Kier molecular flexibility index (Phi) is 3.25. The molecular formula is C13H13NO3S. The van der Waals surface area contributed by atoms with Gasteiger partial charge in [-0.05, 0) is 36.8 Å². The largest absolute Gasteiger partial charge is 0.507 e. The van der Waals surface area contributed by atoms with E-state index in [1.807, 2.05) is 0 Å². The topological polar surface area (TPSA) is 66.4 Å². The Hall–Kier alpha value is -2.01. The molecular weight excluding hydrogens is 250 g/mol. The molecule has 0 bridgehead atoms. The van der Waals surface area contributed by atoms with E-state index in [1.165, 1.54) is 12.1 Å². The van der Waals surface area contributed by atoms with Crippen molar-refractivity contribution in [3.8, 4) is 5.75 Å². The van der Waals surface area contributed by atoms with Gasteiger partial charge in [-0.1, -0.05) is 24.3 Å². The van der Waals surface area contributed by atoms with Crippen LogP contribution in [0.4, 0.5) is 5.69 Å². The molecule has 2 rings (SSSR count). The highest BCUT2D eigenvalue weighted by Crippen LogP contribution is 2.25. The molecule has 18 heavy (non-hydrogen) atoms. The smallest absolute Gasteiger partial charge is 0.265 e. The Labute approximate surface area is 106 Å². The fraction of sp³-hybridized carbons (Fsp3) is 0.0769. The summed E-state index contributed by atoms with van der Waals surface area (Å²) in [5.74, 6) is -0.251. The van der Waals surface area contributed by atoms with Crippen LogP contribution in [-0.4, -0.2) is 13.5 Å². The summed E-state index contributed by atoms with van der Waals surface area (Å²) in [4.78, 5) is -0.128. The van der Waals surface area contributed by atoms with Crippen molar-refractivity contribution in [2.75, 3.05) is 4.72 Å². The lowest BCUT2D eigenvalue weighted by atomic mass is 10.2. The molecule has 2 N–H and O–H groups in total. The molecule has 0 amide bonds. The zero-order valence-corrected chi connectivity index (χ0v) is 10.6. The lowest BCUT2D eigenvalue weighted by Gasteiger charge is -2.09. The fourth-order valence-corrected chi connectivity index (χ4v) is 2.71. The van der Waals surface area contributed by atoms with Gasteiger partial charge in [-0.25, -0.2) is 8.42 Å². The van der Waals surface area contributed by atoms with E-state index in [9.17, 15) is 13.5 Å². The van der Waals surface area contributed by atoms with Crippen LogP contribution < -0.4 is 4.72 Å². The maximum atomic E-state index is 12.1. The van der Waals surface area contributed by atoms with Gasteiger partial charge in [-0.2, -0.15) is 0 Å². The number of sulfonamides is 1. The number of rotatable bonds is 3. The monoisotopic (exact) mass is 263 g/mol. The number of aromatic hydroxyl groups is 1. The number of phenolic OH excluding ortho intramolecular Hbond substituents is 1. The average molecular weight is 263 g/mol. The van der Waals surface area contributed by atoms with Gasteiger partial charge in [0.2, 0.25) is 0 Å². The van der Waals surface area contributed by atoms with E-state index < -0.39 is 10.0 Å². The fourth-order valence-electron chi connectivity index (χ4n) is 1.57. The first-order valence-corrected chi connectivity index (χ1v) is 6.85. The molecule has 0 spiro atoms. The molecule has 2 aromatic carbocycles. The van der Waals surface area contributed by atoms with Crippen LogP contribution >= 0.6 is 0 Å². The maximum absolute atomic E-state index is 12.1. The van der Waals surface area contributed by atoms with E-state index in [2.05, 4.69) is 4.72 Å². The third-order valence-electron chi connectivity index (χ3n) is 2.43. The number of nitrogens with one attached hydrogen (secondary N) is 1. The molecule has 0 radical (unpaired) electrons. The van der Waals surface area contributed by atoms with Gasteiger partial charge in [-0.3, -0.25) is 4.72 Å². The number of anilines is 1. The highest BCUT2D eigenvalue weighted by Gasteiger charge is 2.18. The van der Waals surface area contributed by atoms with Crippen LogP contribution in [0, 0.1) is 6.92 Å². The number of hydrogen-bond donors (Lipinski definition) is 2. The second kappa shape index (κ2) is 4.70. The summed E-state index contributed by atoms with van der Waals surface area (Å²) in [6.07, 6.45) is 0. The second-order valence-corrected chi connectivity index (χ2v) is 5.59. The van der Waals surface area contributed by atoms with Gasteiger partial charge in [0.1, 0.15) is 10.6 Å². The molecule has 0 aliphatic carbocycles. The van der Waals surface area contributed by atoms with Gasteiger partial charge in [0.25, 0.3) is 10.0 Å². The first-order valence-electron chi connectivity index (χ1n) is 5.36. The van der Waals surface area contributed by atoms with Gasteiger partial charge >= 0.3 is 0 Å². The Morgan fingerprint density at radius 1 is 1.06 bits per heavy atom. The zero-order chi connectivity index (χ0) is 13.2. The molecule has 0 aliphatic rings. The summed E-state index contributed by atoms with van der Waals surface area (Å²) < 4.78 is 26.5. The quantitative estimate of drug-likeness (QED) is 0.894. The van der Waals surface area contributed by atoms with Crippen molar-refractivity contribution in [1.29, 1.82) is 0 Å². The molecule has 0 saturated heterocycles. The van der Waals surface area contributed by atoms with Gasteiger partial charge < -0.3 is 5.11 Å². The van der Waals surface area contributed by atoms with Gasteiger partial charge in [0.15, 0.2) is 0 Å². The number of hydrogen-bond acceptors (Lipinski definition) is 3. The van der Waals surface area contributed by atoms with E-state index in [0.29, 0.717) is 5.69 Å². The SMILES string of the molecule is Cc1ccc(S(=O)(=O)Nc2ccccc2)c(O)c1. The summed E-state index contributed by atoms with van der Waals surface area (Å²) in [6, 6.07) is 13.0. The number of benzene rings is 2. The van der Waals surface area contributed by atoms with Crippen LogP contribution in [-0.2, 0) is 10.0 Å². The number of aryl methyl sites for hydroxylation is 1.